The lowest BCUT2D eigenvalue weighted by Crippen LogP contribution is -2.60. The molecule has 1 heterocycles. The van der Waals surface area contributed by atoms with Crippen molar-refractivity contribution in [3.63, 3.8) is 0 Å². The molecule has 0 saturated carbocycles. The molecular formula is C13H18N2O8. The van der Waals surface area contributed by atoms with E-state index in [9.17, 15) is 25.4 Å². The van der Waals surface area contributed by atoms with Gasteiger partial charge in [0.2, 0.25) is 0 Å². The molecule has 1 saturated heterocycles. The monoisotopic (exact) mass is 330 g/mol. The number of rotatable bonds is 5. The average molecular weight is 330 g/mol. The molecular weight excluding hydrogens is 312 g/mol. The Bertz CT molecular complexity index is 567. The number of nitro groups is 1. The Balaban J connectivity index is 2.25. The number of aliphatic hydroxyl groups excluding tert-OH is 4. The van der Waals surface area contributed by atoms with E-state index in [-0.39, 0.29) is 17.1 Å². The fourth-order valence-electron chi connectivity index (χ4n) is 2.29. The van der Waals surface area contributed by atoms with E-state index in [1.54, 1.807) is 0 Å². The van der Waals surface area contributed by atoms with Crippen LogP contribution < -0.4 is 10.1 Å². The van der Waals surface area contributed by atoms with Gasteiger partial charge in [-0.3, -0.25) is 10.1 Å². The molecule has 1 aromatic rings. The number of anilines is 1. The molecule has 23 heavy (non-hydrogen) atoms. The summed E-state index contributed by atoms with van der Waals surface area (Å²) in [5, 5.41) is 52.2. The van der Waals surface area contributed by atoms with Crippen molar-refractivity contribution < 1.29 is 34.8 Å². The Hall–Kier alpha value is -1.98. The van der Waals surface area contributed by atoms with Crippen molar-refractivity contribution in [2.24, 2.45) is 0 Å². The number of nitrogens with zero attached hydrogens (tertiary/aromatic N) is 1. The summed E-state index contributed by atoms with van der Waals surface area (Å²) in [7, 11) is 1.36. The number of benzene rings is 1. The zero-order valence-corrected chi connectivity index (χ0v) is 12.2. The maximum atomic E-state index is 11.1. The van der Waals surface area contributed by atoms with E-state index < -0.39 is 42.2 Å². The van der Waals surface area contributed by atoms with Gasteiger partial charge in [-0.1, -0.05) is 0 Å². The molecule has 2 rings (SSSR count). The molecule has 1 aromatic carbocycles. The minimum Gasteiger partial charge on any atom is -0.496 e. The number of hydrogen-bond acceptors (Lipinski definition) is 9. The fraction of sp³-hybridized carbons (Fsp3) is 0.538. The summed E-state index contributed by atoms with van der Waals surface area (Å²) in [5.41, 5.74) is -0.290. The highest BCUT2D eigenvalue weighted by Crippen LogP contribution is 2.31. The van der Waals surface area contributed by atoms with Crippen LogP contribution in [0.3, 0.4) is 0 Å². The number of nitrogens with one attached hydrogen (secondary N) is 1. The maximum Gasteiger partial charge on any atom is 0.296 e. The number of ether oxygens (including phenoxy) is 2. The first-order valence-corrected chi connectivity index (χ1v) is 6.78. The van der Waals surface area contributed by atoms with E-state index >= 15 is 0 Å². The Morgan fingerprint density at radius 2 is 2.00 bits per heavy atom. The van der Waals surface area contributed by atoms with Crippen molar-refractivity contribution in [3.05, 3.63) is 28.3 Å². The molecule has 1 aliphatic heterocycles. The van der Waals surface area contributed by atoms with Crippen molar-refractivity contribution in [2.75, 3.05) is 19.0 Å². The lowest BCUT2D eigenvalue weighted by atomic mass is 9.98. The highest BCUT2D eigenvalue weighted by Gasteiger charge is 2.43. The lowest BCUT2D eigenvalue weighted by Gasteiger charge is -2.40. The summed E-state index contributed by atoms with van der Waals surface area (Å²) in [6.45, 7) is -0.589. The van der Waals surface area contributed by atoms with Crippen molar-refractivity contribution in [3.8, 4) is 5.75 Å². The number of aliphatic hydroxyl groups is 4. The van der Waals surface area contributed by atoms with Crippen LogP contribution in [0.4, 0.5) is 11.4 Å². The Kier molecular flexibility index (Phi) is 5.34. The van der Waals surface area contributed by atoms with Gasteiger partial charge in [-0.05, 0) is 12.1 Å². The minimum absolute atomic E-state index is 0.0279. The zero-order valence-electron chi connectivity index (χ0n) is 12.2. The summed E-state index contributed by atoms with van der Waals surface area (Å²) >= 11 is 0. The van der Waals surface area contributed by atoms with Gasteiger partial charge in [0.05, 0.1) is 24.7 Å². The van der Waals surface area contributed by atoms with Crippen LogP contribution in [0.15, 0.2) is 18.2 Å². The molecule has 5 N–H and O–H groups in total. The standard InChI is InChI=1S/C13H18N2O8/c1-22-6-2-3-7(8(4-6)15(20)21)14-13-12(19)11(18)10(17)9(5-16)23-13/h2-4,9-14,16-19H,5H2,1H3/t9-,10+,11+,12+,13-/m0/s1. The third-order valence-corrected chi connectivity index (χ3v) is 3.59. The topological polar surface area (TPSA) is 155 Å². The Morgan fingerprint density at radius 1 is 1.30 bits per heavy atom. The van der Waals surface area contributed by atoms with E-state index in [2.05, 4.69) is 5.32 Å². The van der Waals surface area contributed by atoms with Gasteiger partial charge in [0.15, 0.2) is 6.23 Å². The highest BCUT2D eigenvalue weighted by molar-refractivity contribution is 5.64. The van der Waals surface area contributed by atoms with Crippen LogP contribution in [0.1, 0.15) is 0 Å². The Labute approximate surface area is 131 Å². The number of hydrogen-bond donors (Lipinski definition) is 5. The van der Waals surface area contributed by atoms with Gasteiger partial charge in [-0.25, -0.2) is 0 Å². The first-order valence-electron chi connectivity index (χ1n) is 6.78. The molecule has 1 fully saturated rings. The van der Waals surface area contributed by atoms with Gasteiger partial charge in [0.1, 0.15) is 35.9 Å². The summed E-state index contributed by atoms with van der Waals surface area (Å²) in [6.07, 6.45) is -6.98. The van der Waals surface area contributed by atoms with E-state index in [0.717, 1.165) is 0 Å². The van der Waals surface area contributed by atoms with E-state index in [1.807, 2.05) is 0 Å². The van der Waals surface area contributed by atoms with Crippen molar-refractivity contribution >= 4 is 11.4 Å². The van der Waals surface area contributed by atoms with Crippen LogP contribution in [0.2, 0.25) is 0 Å². The summed E-state index contributed by atoms with van der Waals surface area (Å²) < 4.78 is 10.2. The van der Waals surface area contributed by atoms with Gasteiger partial charge in [0, 0.05) is 0 Å². The predicted molar refractivity (Wildman–Crippen MR) is 77.0 cm³/mol. The summed E-state index contributed by atoms with van der Waals surface area (Å²) in [4.78, 5) is 10.5. The largest absolute Gasteiger partial charge is 0.496 e. The van der Waals surface area contributed by atoms with E-state index in [1.165, 1.54) is 25.3 Å². The molecule has 5 atom stereocenters. The molecule has 1 aliphatic rings. The average Bonchev–Trinajstić information content (AvgIpc) is 2.55. The normalized spacial score (nSPS) is 30.7. The smallest absolute Gasteiger partial charge is 0.296 e. The van der Waals surface area contributed by atoms with Crippen molar-refractivity contribution in [2.45, 2.75) is 30.6 Å². The number of methoxy groups -OCH3 is 1. The molecule has 0 aromatic heterocycles. The van der Waals surface area contributed by atoms with E-state index in [0.29, 0.717) is 0 Å². The van der Waals surface area contributed by atoms with Crippen LogP contribution in [0, 0.1) is 10.1 Å². The molecule has 0 bridgehead atoms. The highest BCUT2D eigenvalue weighted by atomic mass is 16.6. The van der Waals surface area contributed by atoms with Crippen molar-refractivity contribution in [1.82, 2.24) is 0 Å². The molecule has 0 aliphatic carbocycles. The van der Waals surface area contributed by atoms with Gasteiger partial charge in [0.25, 0.3) is 5.69 Å². The summed E-state index contributed by atoms with van der Waals surface area (Å²) in [5.74, 6) is 0.274. The molecule has 0 unspecified atom stereocenters. The zero-order chi connectivity index (χ0) is 17.1. The third kappa shape index (κ3) is 3.51. The molecule has 0 radical (unpaired) electrons. The second-order valence-electron chi connectivity index (χ2n) is 5.03. The quantitative estimate of drug-likeness (QED) is 0.331. The Morgan fingerprint density at radius 3 is 2.57 bits per heavy atom. The van der Waals surface area contributed by atoms with Crippen LogP contribution >= 0.6 is 0 Å². The van der Waals surface area contributed by atoms with Gasteiger partial charge in [-0.2, -0.15) is 0 Å². The molecule has 128 valence electrons. The predicted octanol–water partition coefficient (Wildman–Crippen LogP) is -1.18. The second kappa shape index (κ2) is 7.06. The van der Waals surface area contributed by atoms with Crippen LogP contribution in [-0.4, -0.2) is 69.7 Å². The maximum absolute atomic E-state index is 11.1. The lowest BCUT2D eigenvalue weighted by molar-refractivity contribution is -0.384. The molecule has 10 heteroatoms. The first-order chi connectivity index (χ1) is 10.9. The summed E-state index contributed by atoms with van der Waals surface area (Å²) in [6, 6.07) is 4.02. The molecule has 0 spiro atoms. The second-order valence-corrected chi connectivity index (χ2v) is 5.03. The first kappa shape index (κ1) is 17.4. The molecule has 10 nitrogen and oxygen atoms in total. The number of nitro benzene ring substituents is 1. The third-order valence-electron chi connectivity index (χ3n) is 3.59. The SMILES string of the molecule is COc1ccc(N[C@H]2O[C@@H](CO)[C@@H](O)[C@@H](O)[C@H]2O)c([N+](=O)[O-])c1. The van der Waals surface area contributed by atoms with Crippen LogP contribution in [0.5, 0.6) is 5.75 Å². The van der Waals surface area contributed by atoms with Crippen LogP contribution in [-0.2, 0) is 4.74 Å². The van der Waals surface area contributed by atoms with Gasteiger partial charge in [-0.15, -0.1) is 0 Å². The minimum atomic E-state index is -1.57. The van der Waals surface area contributed by atoms with Crippen LogP contribution in [0.25, 0.3) is 0 Å². The van der Waals surface area contributed by atoms with Gasteiger partial charge >= 0.3 is 0 Å². The molecule has 0 amide bonds. The van der Waals surface area contributed by atoms with Crippen molar-refractivity contribution in [1.29, 1.82) is 0 Å². The van der Waals surface area contributed by atoms with E-state index in [4.69, 9.17) is 14.6 Å². The fourth-order valence-corrected chi connectivity index (χ4v) is 2.29. The van der Waals surface area contributed by atoms with Gasteiger partial charge < -0.3 is 35.2 Å².